The van der Waals surface area contributed by atoms with Gasteiger partial charge < -0.3 is 14.8 Å². The number of fused-ring (bicyclic) bond motifs is 1. The summed E-state index contributed by atoms with van der Waals surface area (Å²) < 4.78 is 42.0. The van der Waals surface area contributed by atoms with Crippen molar-refractivity contribution < 1.29 is 27.5 Å². The highest BCUT2D eigenvalue weighted by molar-refractivity contribution is 6.06. The summed E-state index contributed by atoms with van der Waals surface area (Å²) in [5, 5.41) is 11.8. The van der Waals surface area contributed by atoms with E-state index in [-0.39, 0.29) is 18.6 Å². The zero-order valence-electron chi connectivity index (χ0n) is 14.2. The van der Waals surface area contributed by atoms with Crippen LogP contribution in [0.4, 0.5) is 18.9 Å². The Morgan fingerprint density at radius 1 is 1.26 bits per heavy atom. The van der Waals surface area contributed by atoms with Gasteiger partial charge in [0, 0.05) is 17.3 Å². The van der Waals surface area contributed by atoms with Gasteiger partial charge in [-0.1, -0.05) is 18.2 Å². The van der Waals surface area contributed by atoms with Gasteiger partial charge in [0.05, 0.1) is 0 Å². The maximum atomic E-state index is 12.5. The molecular formula is C19H15F3N2O3. The van der Waals surface area contributed by atoms with E-state index in [4.69, 9.17) is 9.52 Å². The number of allylic oxidation sites excluding steroid dienone is 1. The Bertz CT molecular complexity index is 1020. The fourth-order valence-electron chi connectivity index (χ4n) is 2.55. The molecule has 1 aromatic heterocycles. The Labute approximate surface area is 152 Å². The van der Waals surface area contributed by atoms with Crippen LogP contribution in [0.1, 0.15) is 27.4 Å². The lowest BCUT2D eigenvalue weighted by atomic mass is 10.0. The van der Waals surface area contributed by atoms with Gasteiger partial charge in [-0.25, -0.2) is 4.98 Å². The lowest BCUT2D eigenvalue weighted by Crippen LogP contribution is -2.13. The van der Waals surface area contributed by atoms with Crippen LogP contribution in [0.15, 0.2) is 46.9 Å². The SMILES string of the molecule is Cc1cc(C=CC(F)(F)F)ccc1C(=O)Nc1ccc2oc(CO)nc2c1. The van der Waals surface area contributed by atoms with E-state index >= 15 is 0 Å². The van der Waals surface area contributed by atoms with E-state index in [1.54, 1.807) is 25.1 Å². The second-order valence-corrected chi connectivity index (χ2v) is 5.85. The number of carbonyl (C=O) groups is 1. The molecule has 0 spiro atoms. The van der Waals surface area contributed by atoms with Gasteiger partial charge in [0.15, 0.2) is 5.58 Å². The number of aryl methyl sites for hydroxylation is 1. The third-order valence-corrected chi connectivity index (χ3v) is 3.78. The van der Waals surface area contributed by atoms with E-state index in [1.165, 1.54) is 18.2 Å². The van der Waals surface area contributed by atoms with Crippen molar-refractivity contribution in [2.75, 3.05) is 5.32 Å². The number of aromatic nitrogens is 1. The molecule has 1 amide bonds. The third kappa shape index (κ3) is 4.53. The first-order valence-corrected chi connectivity index (χ1v) is 7.93. The van der Waals surface area contributed by atoms with Crippen molar-refractivity contribution >= 4 is 28.8 Å². The number of hydrogen-bond acceptors (Lipinski definition) is 4. The van der Waals surface area contributed by atoms with E-state index in [0.29, 0.717) is 33.5 Å². The van der Waals surface area contributed by atoms with Crippen molar-refractivity contribution in [2.45, 2.75) is 19.7 Å². The molecule has 0 unspecified atom stereocenters. The number of oxazole rings is 1. The predicted octanol–water partition coefficient (Wildman–Crippen LogP) is 4.46. The minimum Gasteiger partial charge on any atom is -0.438 e. The summed E-state index contributed by atoms with van der Waals surface area (Å²) in [4.78, 5) is 16.5. The number of carbonyl (C=O) groups excluding carboxylic acids is 1. The van der Waals surface area contributed by atoms with Gasteiger partial charge >= 0.3 is 6.18 Å². The number of rotatable bonds is 4. The molecule has 0 saturated heterocycles. The van der Waals surface area contributed by atoms with Crippen LogP contribution >= 0.6 is 0 Å². The third-order valence-electron chi connectivity index (χ3n) is 3.78. The first kappa shape index (κ1) is 18.7. The standard InChI is InChI=1S/C19H15F3N2O3/c1-11-8-12(6-7-19(20,21)22)2-4-14(11)18(26)23-13-3-5-16-15(9-13)24-17(10-25)27-16/h2-9,25H,10H2,1H3,(H,23,26). The number of hydrogen-bond donors (Lipinski definition) is 2. The quantitative estimate of drug-likeness (QED) is 0.705. The van der Waals surface area contributed by atoms with Crippen molar-refractivity contribution in [1.82, 2.24) is 4.98 Å². The number of alkyl halides is 3. The molecule has 0 fully saturated rings. The van der Waals surface area contributed by atoms with Gasteiger partial charge in [-0.15, -0.1) is 0 Å². The second kappa shape index (κ2) is 7.24. The molecule has 27 heavy (non-hydrogen) atoms. The average Bonchev–Trinajstić information content (AvgIpc) is 3.01. The molecule has 1 heterocycles. The average molecular weight is 376 g/mol. The minimum absolute atomic E-state index is 0.148. The van der Waals surface area contributed by atoms with Gasteiger partial charge in [-0.3, -0.25) is 4.79 Å². The van der Waals surface area contributed by atoms with Gasteiger partial charge in [0.1, 0.15) is 12.1 Å². The highest BCUT2D eigenvalue weighted by Crippen LogP contribution is 2.22. The van der Waals surface area contributed by atoms with Crippen LogP contribution in [0.25, 0.3) is 17.2 Å². The summed E-state index contributed by atoms with van der Waals surface area (Å²) >= 11 is 0. The van der Waals surface area contributed by atoms with Gasteiger partial charge in [-0.05, 0) is 42.3 Å². The molecule has 8 heteroatoms. The normalized spacial score (nSPS) is 12.0. The van der Waals surface area contributed by atoms with E-state index in [2.05, 4.69) is 10.3 Å². The fraction of sp³-hybridized carbons (Fsp3) is 0.158. The predicted molar refractivity (Wildman–Crippen MR) is 94.2 cm³/mol. The topological polar surface area (TPSA) is 75.4 Å². The van der Waals surface area contributed by atoms with Crippen LogP contribution in [-0.2, 0) is 6.61 Å². The minimum atomic E-state index is -4.39. The lowest BCUT2D eigenvalue weighted by molar-refractivity contribution is -0.0790. The molecule has 0 radical (unpaired) electrons. The summed E-state index contributed by atoms with van der Waals surface area (Å²) in [6.45, 7) is 1.32. The monoisotopic (exact) mass is 376 g/mol. The first-order chi connectivity index (χ1) is 12.7. The molecule has 0 aliphatic rings. The van der Waals surface area contributed by atoms with E-state index in [9.17, 15) is 18.0 Å². The smallest absolute Gasteiger partial charge is 0.409 e. The first-order valence-electron chi connectivity index (χ1n) is 7.93. The molecule has 0 saturated carbocycles. The highest BCUT2D eigenvalue weighted by atomic mass is 19.4. The number of anilines is 1. The molecular weight excluding hydrogens is 361 g/mol. The molecule has 0 aliphatic heterocycles. The zero-order chi connectivity index (χ0) is 19.6. The largest absolute Gasteiger partial charge is 0.438 e. The van der Waals surface area contributed by atoms with Crippen LogP contribution < -0.4 is 5.32 Å². The van der Waals surface area contributed by atoms with E-state index in [1.807, 2.05) is 0 Å². The molecule has 3 aromatic rings. The number of benzene rings is 2. The fourth-order valence-corrected chi connectivity index (χ4v) is 2.55. The molecule has 0 bridgehead atoms. The Morgan fingerprint density at radius 2 is 2.04 bits per heavy atom. The molecule has 140 valence electrons. The number of nitrogens with zero attached hydrogens (tertiary/aromatic N) is 1. The van der Waals surface area contributed by atoms with Crippen LogP contribution in [0.2, 0.25) is 0 Å². The molecule has 2 N–H and O–H groups in total. The number of amides is 1. The number of aliphatic hydroxyl groups is 1. The van der Waals surface area contributed by atoms with Crippen LogP contribution in [0.3, 0.4) is 0 Å². The second-order valence-electron chi connectivity index (χ2n) is 5.85. The van der Waals surface area contributed by atoms with Gasteiger partial charge in [-0.2, -0.15) is 13.2 Å². The van der Waals surface area contributed by atoms with Crippen LogP contribution in [0, 0.1) is 6.92 Å². The van der Waals surface area contributed by atoms with Crippen molar-refractivity contribution in [3.8, 4) is 0 Å². The molecule has 5 nitrogen and oxygen atoms in total. The summed E-state index contributed by atoms with van der Waals surface area (Å²) in [5.41, 5.74) is 2.68. The van der Waals surface area contributed by atoms with Crippen molar-refractivity contribution in [3.05, 3.63) is 65.1 Å². The number of halogens is 3. The maximum absolute atomic E-state index is 12.5. The molecule has 2 aromatic carbocycles. The Kier molecular flexibility index (Phi) is 5.00. The summed E-state index contributed by atoms with van der Waals surface area (Å²) in [6.07, 6.45) is -3.29. The van der Waals surface area contributed by atoms with E-state index < -0.39 is 12.1 Å². The maximum Gasteiger partial charge on any atom is 0.409 e. The van der Waals surface area contributed by atoms with Gasteiger partial charge in [0.25, 0.3) is 5.91 Å². The number of nitrogens with one attached hydrogen (secondary N) is 1. The summed E-state index contributed by atoms with van der Waals surface area (Å²) in [7, 11) is 0. The molecule has 3 rings (SSSR count). The van der Waals surface area contributed by atoms with Crippen LogP contribution in [-0.4, -0.2) is 22.2 Å². The highest BCUT2D eigenvalue weighted by Gasteiger charge is 2.21. The van der Waals surface area contributed by atoms with Gasteiger partial charge in [0.2, 0.25) is 5.89 Å². The van der Waals surface area contributed by atoms with Crippen molar-refractivity contribution in [3.63, 3.8) is 0 Å². The molecule has 0 atom stereocenters. The summed E-state index contributed by atoms with van der Waals surface area (Å²) in [6, 6.07) is 9.27. The Balaban J connectivity index is 1.78. The van der Waals surface area contributed by atoms with Crippen molar-refractivity contribution in [2.24, 2.45) is 0 Å². The van der Waals surface area contributed by atoms with Crippen molar-refractivity contribution in [1.29, 1.82) is 0 Å². The lowest BCUT2D eigenvalue weighted by Gasteiger charge is -2.08. The molecule has 0 aliphatic carbocycles. The zero-order valence-corrected chi connectivity index (χ0v) is 14.2. The Hall–Kier alpha value is -3.13. The Morgan fingerprint density at radius 3 is 2.70 bits per heavy atom. The van der Waals surface area contributed by atoms with Crippen LogP contribution in [0.5, 0.6) is 0 Å². The van der Waals surface area contributed by atoms with E-state index in [0.717, 1.165) is 6.08 Å². The number of aliphatic hydroxyl groups excluding tert-OH is 1. The summed E-state index contributed by atoms with van der Waals surface area (Å²) in [5.74, 6) is -0.226.